The Kier molecular flexibility index (Phi) is 6.47. The van der Waals surface area contributed by atoms with Crippen molar-refractivity contribution < 1.29 is 26.7 Å². The molecule has 0 saturated heterocycles. The number of alkyl halides is 3. The van der Waals surface area contributed by atoms with E-state index in [9.17, 15) is 26.7 Å². The third kappa shape index (κ3) is 5.42. The smallest absolute Gasteiger partial charge is 0.324 e. The molecule has 0 aliphatic carbocycles. The number of carbonyl (C=O) groups is 1. The minimum absolute atomic E-state index is 0.328. The predicted octanol–water partition coefficient (Wildman–Crippen LogP) is 5.30. The summed E-state index contributed by atoms with van der Waals surface area (Å²) in [4.78, 5) is 12.3. The second-order valence-electron chi connectivity index (χ2n) is 6.51. The third-order valence-corrected chi connectivity index (χ3v) is 4.38. The summed E-state index contributed by atoms with van der Waals surface area (Å²) in [7, 11) is 0. The van der Waals surface area contributed by atoms with E-state index in [4.69, 9.17) is 0 Å². The van der Waals surface area contributed by atoms with Crippen molar-refractivity contribution in [1.82, 2.24) is 5.32 Å². The lowest BCUT2D eigenvalue weighted by Gasteiger charge is -2.20. The molecule has 156 valence electrons. The molecule has 3 rings (SSSR count). The number of para-hydroxylation sites is 1. The van der Waals surface area contributed by atoms with Crippen molar-refractivity contribution in [3.8, 4) is 0 Å². The first kappa shape index (κ1) is 21.4. The van der Waals surface area contributed by atoms with Crippen LogP contribution in [0.5, 0.6) is 0 Å². The van der Waals surface area contributed by atoms with Crippen LogP contribution >= 0.6 is 0 Å². The predicted molar refractivity (Wildman–Crippen MR) is 103 cm³/mol. The summed E-state index contributed by atoms with van der Waals surface area (Å²) in [5.41, 5.74) is -0.0955. The second kappa shape index (κ2) is 9.04. The van der Waals surface area contributed by atoms with E-state index in [1.165, 1.54) is 60.7 Å². The Labute approximate surface area is 169 Å². The maximum absolute atomic E-state index is 13.3. The summed E-state index contributed by atoms with van der Waals surface area (Å²) in [6.45, 7) is -0.328. The maximum Gasteiger partial charge on any atom is 0.418 e. The first-order valence-electron chi connectivity index (χ1n) is 8.94. The van der Waals surface area contributed by atoms with Crippen LogP contribution in [0.25, 0.3) is 0 Å². The summed E-state index contributed by atoms with van der Waals surface area (Å²) >= 11 is 0. The largest absolute Gasteiger partial charge is 0.418 e. The number of hydrogen-bond acceptors (Lipinski definition) is 2. The van der Waals surface area contributed by atoms with Crippen LogP contribution in [0.3, 0.4) is 0 Å². The number of carbonyl (C=O) groups excluding carboxylic acids is 1. The van der Waals surface area contributed by atoms with Crippen molar-refractivity contribution in [2.75, 3.05) is 11.9 Å². The molecule has 30 heavy (non-hydrogen) atoms. The minimum Gasteiger partial charge on any atom is -0.324 e. The van der Waals surface area contributed by atoms with Crippen LogP contribution in [-0.2, 0) is 11.0 Å². The van der Waals surface area contributed by atoms with Crippen LogP contribution in [0.15, 0.2) is 72.8 Å². The highest BCUT2D eigenvalue weighted by Gasteiger charge is 2.33. The molecule has 8 heteroatoms. The van der Waals surface area contributed by atoms with Crippen molar-refractivity contribution >= 4 is 11.6 Å². The zero-order chi connectivity index (χ0) is 21.7. The van der Waals surface area contributed by atoms with E-state index < -0.39 is 35.3 Å². The Morgan fingerprint density at radius 1 is 0.800 bits per heavy atom. The lowest BCUT2D eigenvalue weighted by Crippen LogP contribution is -2.32. The lowest BCUT2D eigenvalue weighted by atomic mass is 9.98. The van der Waals surface area contributed by atoms with E-state index in [-0.39, 0.29) is 12.2 Å². The zero-order valence-corrected chi connectivity index (χ0v) is 15.5. The number of rotatable bonds is 6. The van der Waals surface area contributed by atoms with Crippen LogP contribution < -0.4 is 10.6 Å². The summed E-state index contributed by atoms with van der Waals surface area (Å²) in [5, 5.41) is 5.18. The summed E-state index contributed by atoms with van der Waals surface area (Å²) in [5.74, 6) is -1.59. The molecule has 0 aliphatic heterocycles. The van der Waals surface area contributed by atoms with Gasteiger partial charge in [0.1, 0.15) is 11.6 Å². The van der Waals surface area contributed by atoms with Gasteiger partial charge in [0.15, 0.2) is 0 Å². The molecule has 3 aromatic carbocycles. The molecule has 0 spiro atoms. The maximum atomic E-state index is 13.3. The fourth-order valence-corrected chi connectivity index (χ4v) is 2.97. The van der Waals surface area contributed by atoms with Crippen molar-refractivity contribution in [3.63, 3.8) is 0 Å². The number of amides is 1. The number of anilines is 1. The molecule has 0 atom stereocenters. The van der Waals surface area contributed by atoms with Gasteiger partial charge in [-0.2, -0.15) is 13.2 Å². The molecule has 0 saturated carbocycles. The molecule has 0 aromatic heterocycles. The molecular formula is C22H17F5N2O. The first-order valence-corrected chi connectivity index (χ1v) is 8.94. The van der Waals surface area contributed by atoms with Gasteiger partial charge in [0, 0.05) is 0 Å². The van der Waals surface area contributed by atoms with E-state index in [1.807, 2.05) is 0 Å². The van der Waals surface area contributed by atoms with Crippen LogP contribution in [0.4, 0.5) is 27.6 Å². The SMILES string of the molecule is O=C(CNC(c1ccc(F)cc1)c1ccc(F)cc1)Nc1ccccc1C(F)(F)F. The quantitative estimate of drug-likeness (QED) is 0.532. The van der Waals surface area contributed by atoms with Crippen molar-refractivity contribution in [3.05, 3.63) is 101 Å². The van der Waals surface area contributed by atoms with E-state index in [2.05, 4.69) is 10.6 Å². The van der Waals surface area contributed by atoms with E-state index in [0.29, 0.717) is 11.1 Å². The van der Waals surface area contributed by atoms with Gasteiger partial charge in [-0.25, -0.2) is 8.78 Å². The Bertz CT molecular complexity index is 956. The standard InChI is InChI=1S/C22H17F5N2O/c23-16-9-5-14(6-10-16)21(15-7-11-17(24)12-8-15)28-13-20(30)29-19-4-2-1-3-18(19)22(25,26)27/h1-12,21,28H,13H2,(H,29,30). The summed E-state index contributed by atoms with van der Waals surface area (Å²) < 4.78 is 65.8. The highest BCUT2D eigenvalue weighted by molar-refractivity contribution is 5.93. The topological polar surface area (TPSA) is 41.1 Å². The summed E-state index contributed by atoms with van der Waals surface area (Å²) in [6, 6.07) is 15.1. The average Bonchev–Trinajstić information content (AvgIpc) is 2.70. The number of nitrogens with one attached hydrogen (secondary N) is 2. The zero-order valence-electron chi connectivity index (χ0n) is 15.5. The number of hydrogen-bond donors (Lipinski definition) is 2. The van der Waals surface area contributed by atoms with Crippen molar-refractivity contribution in [2.45, 2.75) is 12.2 Å². The lowest BCUT2D eigenvalue weighted by molar-refractivity contribution is -0.137. The van der Waals surface area contributed by atoms with Crippen LogP contribution in [0, 0.1) is 11.6 Å². The molecule has 0 unspecified atom stereocenters. The fourth-order valence-electron chi connectivity index (χ4n) is 2.97. The third-order valence-electron chi connectivity index (χ3n) is 4.38. The normalized spacial score (nSPS) is 11.5. The Hall–Kier alpha value is -3.26. The van der Waals surface area contributed by atoms with Crippen LogP contribution in [-0.4, -0.2) is 12.5 Å². The van der Waals surface area contributed by atoms with Gasteiger partial charge in [0.05, 0.1) is 23.8 Å². The molecule has 0 bridgehead atoms. The second-order valence-corrected chi connectivity index (χ2v) is 6.51. The van der Waals surface area contributed by atoms with Crippen molar-refractivity contribution in [1.29, 1.82) is 0 Å². The Morgan fingerprint density at radius 3 is 1.80 bits per heavy atom. The monoisotopic (exact) mass is 420 g/mol. The molecule has 0 fully saturated rings. The van der Waals surface area contributed by atoms with Gasteiger partial charge in [-0.1, -0.05) is 36.4 Å². The fraction of sp³-hybridized carbons (Fsp3) is 0.136. The van der Waals surface area contributed by atoms with Gasteiger partial charge in [0.2, 0.25) is 5.91 Å². The molecule has 3 nitrogen and oxygen atoms in total. The Morgan fingerprint density at radius 2 is 1.30 bits per heavy atom. The molecule has 1 amide bonds. The van der Waals surface area contributed by atoms with Gasteiger partial charge < -0.3 is 5.32 Å². The average molecular weight is 420 g/mol. The van der Waals surface area contributed by atoms with E-state index in [0.717, 1.165) is 12.1 Å². The minimum atomic E-state index is -4.61. The van der Waals surface area contributed by atoms with Gasteiger partial charge in [0.25, 0.3) is 0 Å². The van der Waals surface area contributed by atoms with Gasteiger partial charge in [-0.05, 0) is 47.5 Å². The molecule has 2 N–H and O–H groups in total. The number of halogens is 5. The molecule has 3 aromatic rings. The molecule has 0 radical (unpaired) electrons. The van der Waals surface area contributed by atoms with Gasteiger partial charge in [-0.3, -0.25) is 10.1 Å². The first-order chi connectivity index (χ1) is 14.2. The highest BCUT2D eigenvalue weighted by atomic mass is 19.4. The van der Waals surface area contributed by atoms with Gasteiger partial charge in [-0.15, -0.1) is 0 Å². The highest BCUT2D eigenvalue weighted by Crippen LogP contribution is 2.34. The van der Waals surface area contributed by atoms with E-state index in [1.54, 1.807) is 0 Å². The summed E-state index contributed by atoms with van der Waals surface area (Å²) in [6.07, 6.45) is -4.61. The van der Waals surface area contributed by atoms with E-state index >= 15 is 0 Å². The molecule has 0 heterocycles. The van der Waals surface area contributed by atoms with Crippen LogP contribution in [0.1, 0.15) is 22.7 Å². The van der Waals surface area contributed by atoms with Crippen molar-refractivity contribution in [2.24, 2.45) is 0 Å². The Balaban J connectivity index is 1.77. The number of benzene rings is 3. The molecule has 0 aliphatic rings. The van der Waals surface area contributed by atoms with Gasteiger partial charge >= 0.3 is 6.18 Å². The van der Waals surface area contributed by atoms with Crippen LogP contribution in [0.2, 0.25) is 0 Å². The molecular weight excluding hydrogens is 403 g/mol.